The highest BCUT2D eigenvalue weighted by Crippen LogP contribution is 2.20. The van der Waals surface area contributed by atoms with Gasteiger partial charge in [0.25, 0.3) is 5.91 Å². The van der Waals surface area contributed by atoms with Crippen LogP contribution in [0.5, 0.6) is 5.75 Å². The molecule has 0 atom stereocenters. The highest BCUT2D eigenvalue weighted by Gasteiger charge is 2.06. The molecule has 0 radical (unpaired) electrons. The first kappa shape index (κ1) is 18.5. The molecule has 5 nitrogen and oxygen atoms in total. The molecule has 2 N–H and O–H groups in total. The van der Waals surface area contributed by atoms with Crippen molar-refractivity contribution in [2.45, 2.75) is 20.3 Å². The van der Waals surface area contributed by atoms with Crippen LogP contribution in [0.1, 0.15) is 16.7 Å². The lowest BCUT2D eigenvalue weighted by atomic mass is 10.1. The molecular formula is C20H24N2O3. The molecule has 5 heteroatoms. The van der Waals surface area contributed by atoms with Gasteiger partial charge in [-0.25, -0.2) is 0 Å². The molecule has 0 saturated carbocycles. The molecule has 2 aromatic carbocycles. The van der Waals surface area contributed by atoms with Crippen molar-refractivity contribution >= 4 is 11.8 Å². The fourth-order valence-corrected chi connectivity index (χ4v) is 2.32. The molecule has 2 rings (SSSR count). The zero-order chi connectivity index (χ0) is 18.1. The lowest BCUT2D eigenvalue weighted by Gasteiger charge is -2.11. The Labute approximate surface area is 148 Å². The summed E-state index contributed by atoms with van der Waals surface area (Å²) in [5.74, 6) is 0.441. The predicted molar refractivity (Wildman–Crippen MR) is 97.6 cm³/mol. The van der Waals surface area contributed by atoms with Crippen molar-refractivity contribution in [1.82, 2.24) is 10.6 Å². The fraction of sp³-hybridized carbons (Fsp3) is 0.300. The summed E-state index contributed by atoms with van der Waals surface area (Å²) in [5, 5.41) is 5.51. The minimum absolute atomic E-state index is 0.0394. The highest BCUT2D eigenvalue weighted by atomic mass is 16.5. The maximum Gasteiger partial charge on any atom is 0.258 e. The van der Waals surface area contributed by atoms with Gasteiger partial charge in [-0.05, 0) is 36.6 Å². The van der Waals surface area contributed by atoms with Crippen LogP contribution < -0.4 is 15.4 Å². The number of nitrogens with one attached hydrogen (secondary N) is 2. The fourth-order valence-electron chi connectivity index (χ4n) is 2.32. The third-order valence-electron chi connectivity index (χ3n) is 3.89. The van der Waals surface area contributed by atoms with Crippen LogP contribution in [0.2, 0.25) is 0 Å². The van der Waals surface area contributed by atoms with Crippen molar-refractivity contribution in [2.75, 3.05) is 19.7 Å². The summed E-state index contributed by atoms with van der Waals surface area (Å²) in [4.78, 5) is 23.6. The van der Waals surface area contributed by atoms with Gasteiger partial charge in [0, 0.05) is 13.1 Å². The molecule has 0 heterocycles. The molecule has 0 aliphatic heterocycles. The summed E-state index contributed by atoms with van der Waals surface area (Å²) in [6.07, 6.45) is 0.338. The second kappa shape index (κ2) is 9.47. The number of hydrogen-bond donors (Lipinski definition) is 2. The zero-order valence-electron chi connectivity index (χ0n) is 14.7. The van der Waals surface area contributed by atoms with Crippen LogP contribution in [0.4, 0.5) is 0 Å². The minimum atomic E-state index is -0.210. The Kier molecular flexibility index (Phi) is 7.01. The van der Waals surface area contributed by atoms with Crippen molar-refractivity contribution in [3.05, 3.63) is 65.2 Å². The van der Waals surface area contributed by atoms with E-state index in [-0.39, 0.29) is 18.4 Å². The van der Waals surface area contributed by atoms with Crippen molar-refractivity contribution in [2.24, 2.45) is 0 Å². The van der Waals surface area contributed by atoms with Gasteiger partial charge in [0.05, 0.1) is 6.42 Å². The van der Waals surface area contributed by atoms with Crippen molar-refractivity contribution in [1.29, 1.82) is 0 Å². The van der Waals surface area contributed by atoms with Gasteiger partial charge in [0.2, 0.25) is 5.91 Å². The van der Waals surface area contributed by atoms with E-state index in [9.17, 15) is 9.59 Å². The van der Waals surface area contributed by atoms with E-state index in [0.717, 1.165) is 16.7 Å². The van der Waals surface area contributed by atoms with Crippen LogP contribution >= 0.6 is 0 Å². The second-order valence-electron chi connectivity index (χ2n) is 5.85. The van der Waals surface area contributed by atoms with Gasteiger partial charge in [-0.1, -0.05) is 42.5 Å². The number of ether oxygens (including phenoxy) is 1. The predicted octanol–water partition coefficient (Wildman–Crippen LogP) is 2.16. The van der Waals surface area contributed by atoms with Crippen LogP contribution in [0.3, 0.4) is 0 Å². The molecular weight excluding hydrogens is 316 g/mol. The van der Waals surface area contributed by atoms with E-state index in [1.54, 1.807) is 0 Å². The summed E-state index contributed by atoms with van der Waals surface area (Å²) >= 11 is 0. The first-order valence-electron chi connectivity index (χ1n) is 8.32. The molecule has 2 aromatic rings. The van der Waals surface area contributed by atoms with Gasteiger partial charge < -0.3 is 15.4 Å². The van der Waals surface area contributed by atoms with E-state index in [0.29, 0.717) is 25.3 Å². The van der Waals surface area contributed by atoms with Crippen molar-refractivity contribution in [3.63, 3.8) is 0 Å². The van der Waals surface area contributed by atoms with E-state index in [4.69, 9.17) is 4.74 Å². The largest absolute Gasteiger partial charge is 0.483 e. The molecule has 2 amide bonds. The third kappa shape index (κ3) is 6.30. The summed E-state index contributed by atoms with van der Waals surface area (Å²) in [7, 11) is 0. The molecule has 0 spiro atoms. The summed E-state index contributed by atoms with van der Waals surface area (Å²) in [6, 6.07) is 15.3. The van der Waals surface area contributed by atoms with Crippen LogP contribution in [0, 0.1) is 13.8 Å². The monoisotopic (exact) mass is 340 g/mol. The van der Waals surface area contributed by atoms with Gasteiger partial charge in [-0.15, -0.1) is 0 Å². The molecule has 132 valence electrons. The Bertz CT molecular complexity index is 714. The molecule has 0 bridgehead atoms. The van der Waals surface area contributed by atoms with E-state index in [2.05, 4.69) is 10.6 Å². The molecule has 0 aliphatic carbocycles. The van der Waals surface area contributed by atoms with E-state index in [1.165, 1.54) is 0 Å². The Balaban J connectivity index is 1.62. The van der Waals surface area contributed by atoms with Gasteiger partial charge >= 0.3 is 0 Å². The SMILES string of the molecule is Cc1cccc(OCC(=O)NCCNC(=O)Cc2ccccc2)c1C. The van der Waals surface area contributed by atoms with Gasteiger partial charge in [-0.2, -0.15) is 0 Å². The number of aryl methyl sites for hydroxylation is 1. The van der Waals surface area contributed by atoms with E-state index < -0.39 is 0 Å². The van der Waals surface area contributed by atoms with Crippen LogP contribution in [-0.4, -0.2) is 31.5 Å². The normalized spacial score (nSPS) is 10.2. The average Bonchev–Trinajstić information content (AvgIpc) is 2.61. The highest BCUT2D eigenvalue weighted by molar-refractivity contribution is 5.79. The summed E-state index contributed by atoms with van der Waals surface area (Å²) in [5.41, 5.74) is 3.12. The molecule has 25 heavy (non-hydrogen) atoms. The smallest absolute Gasteiger partial charge is 0.258 e. The van der Waals surface area contributed by atoms with Crippen LogP contribution in [0.15, 0.2) is 48.5 Å². The maximum atomic E-state index is 11.8. The standard InChI is InChI=1S/C20H24N2O3/c1-15-7-6-10-18(16(15)2)25-14-20(24)22-12-11-21-19(23)13-17-8-4-3-5-9-17/h3-10H,11-14H2,1-2H3,(H,21,23)(H,22,24). The lowest BCUT2D eigenvalue weighted by Crippen LogP contribution is -2.37. The second-order valence-corrected chi connectivity index (χ2v) is 5.85. The number of benzene rings is 2. The Morgan fingerprint density at radius 3 is 2.28 bits per heavy atom. The van der Waals surface area contributed by atoms with Crippen LogP contribution in [-0.2, 0) is 16.0 Å². The van der Waals surface area contributed by atoms with E-state index in [1.807, 2.05) is 62.4 Å². The number of hydrogen-bond acceptors (Lipinski definition) is 3. The van der Waals surface area contributed by atoms with Gasteiger partial charge in [0.15, 0.2) is 6.61 Å². The molecule has 0 unspecified atom stereocenters. The minimum Gasteiger partial charge on any atom is -0.483 e. The summed E-state index contributed by atoms with van der Waals surface area (Å²) < 4.78 is 5.54. The number of rotatable bonds is 8. The van der Waals surface area contributed by atoms with Crippen LogP contribution in [0.25, 0.3) is 0 Å². The molecule has 0 aromatic heterocycles. The lowest BCUT2D eigenvalue weighted by molar-refractivity contribution is -0.124. The molecule has 0 aliphatic rings. The summed E-state index contributed by atoms with van der Waals surface area (Å²) in [6.45, 7) is 4.68. The maximum absolute atomic E-state index is 11.8. The topological polar surface area (TPSA) is 67.4 Å². The van der Waals surface area contributed by atoms with Crippen molar-refractivity contribution < 1.29 is 14.3 Å². The number of carbonyl (C=O) groups excluding carboxylic acids is 2. The number of carbonyl (C=O) groups is 2. The first-order valence-corrected chi connectivity index (χ1v) is 8.32. The van der Waals surface area contributed by atoms with Gasteiger partial charge in [-0.3, -0.25) is 9.59 Å². The average molecular weight is 340 g/mol. The number of amides is 2. The molecule has 0 saturated heterocycles. The first-order chi connectivity index (χ1) is 12.1. The Morgan fingerprint density at radius 2 is 1.56 bits per heavy atom. The quantitative estimate of drug-likeness (QED) is 0.724. The van der Waals surface area contributed by atoms with Gasteiger partial charge in [0.1, 0.15) is 5.75 Å². The zero-order valence-corrected chi connectivity index (χ0v) is 14.7. The third-order valence-corrected chi connectivity index (χ3v) is 3.89. The Hall–Kier alpha value is -2.82. The van der Waals surface area contributed by atoms with Crippen molar-refractivity contribution in [3.8, 4) is 5.75 Å². The van der Waals surface area contributed by atoms with E-state index >= 15 is 0 Å². The molecule has 0 fully saturated rings. The Morgan fingerprint density at radius 1 is 0.880 bits per heavy atom.